The monoisotopic (exact) mass is 351 g/mol. The number of rotatable bonds is 3. The minimum atomic E-state index is -0.540. The molecule has 0 atom stereocenters. The number of hydrogen-bond acceptors (Lipinski definition) is 3. The summed E-state index contributed by atoms with van der Waals surface area (Å²) in [6, 6.07) is 5.69. The van der Waals surface area contributed by atoms with E-state index in [1.165, 1.54) is 25.3 Å². The number of aryl methyl sites for hydroxylation is 1. The molecule has 5 heteroatoms. The molecule has 2 aromatic rings. The molecule has 0 saturated carbocycles. The molecule has 2 N–H and O–H groups in total. The van der Waals surface area contributed by atoms with E-state index in [0.29, 0.717) is 11.3 Å². The second-order valence-electron chi connectivity index (χ2n) is 4.81. The van der Waals surface area contributed by atoms with Crippen LogP contribution in [0.1, 0.15) is 27.0 Å². The lowest BCUT2D eigenvalue weighted by molar-refractivity contribution is 0.103. The maximum absolute atomic E-state index is 13.5. The minimum Gasteiger partial charge on any atom is -0.496 e. The highest BCUT2D eigenvalue weighted by atomic mass is 79.9. The molecule has 21 heavy (non-hydrogen) atoms. The summed E-state index contributed by atoms with van der Waals surface area (Å²) >= 11 is 3.42. The second-order valence-corrected chi connectivity index (χ2v) is 5.67. The van der Waals surface area contributed by atoms with E-state index in [0.717, 1.165) is 15.6 Å². The molecule has 2 rings (SSSR count). The van der Waals surface area contributed by atoms with Crippen LogP contribution < -0.4 is 10.5 Å². The van der Waals surface area contributed by atoms with Gasteiger partial charge in [0, 0.05) is 15.7 Å². The predicted octanol–water partition coefficient (Wildman–Crippen LogP) is 4.03. The lowest BCUT2D eigenvalue weighted by Crippen LogP contribution is -2.09. The molecule has 0 spiro atoms. The lowest BCUT2D eigenvalue weighted by Gasteiger charge is -2.15. The van der Waals surface area contributed by atoms with Crippen LogP contribution >= 0.6 is 15.9 Å². The molecule has 0 aliphatic carbocycles. The fraction of sp³-hybridized carbons (Fsp3) is 0.188. The van der Waals surface area contributed by atoms with Gasteiger partial charge in [-0.3, -0.25) is 4.79 Å². The minimum absolute atomic E-state index is 0.200. The Kier molecular flexibility index (Phi) is 4.32. The number of benzene rings is 2. The van der Waals surface area contributed by atoms with Gasteiger partial charge in [-0.05, 0) is 49.2 Å². The third kappa shape index (κ3) is 2.93. The Hall–Kier alpha value is -1.88. The van der Waals surface area contributed by atoms with Crippen LogP contribution in [0.2, 0.25) is 0 Å². The van der Waals surface area contributed by atoms with Gasteiger partial charge < -0.3 is 10.5 Å². The molecule has 2 aromatic carbocycles. The summed E-state index contributed by atoms with van der Waals surface area (Å²) in [6.07, 6.45) is 0. The SMILES string of the molecule is COc1c(C)cc(Br)c(C)c1C(=O)c1cc(N)cc(F)c1. The van der Waals surface area contributed by atoms with E-state index in [1.54, 1.807) is 0 Å². The van der Waals surface area contributed by atoms with Crippen molar-refractivity contribution < 1.29 is 13.9 Å². The molecule has 0 unspecified atom stereocenters. The second kappa shape index (κ2) is 5.85. The summed E-state index contributed by atoms with van der Waals surface area (Å²) in [5, 5.41) is 0. The lowest BCUT2D eigenvalue weighted by atomic mass is 9.95. The van der Waals surface area contributed by atoms with E-state index in [-0.39, 0.29) is 17.0 Å². The Morgan fingerprint density at radius 2 is 1.90 bits per heavy atom. The van der Waals surface area contributed by atoms with Crippen LogP contribution in [0, 0.1) is 19.7 Å². The zero-order valence-corrected chi connectivity index (χ0v) is 13.5. The van der Waals surface area contributed by atoms with Gasteiger partial charge in [-0.1, -0.05) is 15.9 Å². The highest BCUT2D eigenvalue weighted by Crippen LogP contribution is 2.34. The van der Waals surface area contributed by atoms with Crippen molar-refractivity contribution in [1.82, 2.24) is 0 Å². The van der Waals surface area contributed by atoms with Crippen LogP contribution in [-0.2, 0) is 0 Å². The van der Waals surface area contributed by atoms with Gasteiger partial charge >= 0.3 is 0 Å². The van der Waals surface area contributed by atoms with Crippen molar-refractivity contribution in [2.24, 2.45) is 0 Å². The Balaban J connectivity index is 2.68. The standard InChI is InChI=1S/C16H15BrFNO2/c1-8-4-13(17)9(2)14(16(8)21-3)15(20)10-5-11(18)7-12(19)6-10/h4-7H,19H2,1-3H3. The van der Waals surface area contributed by atoms with E-state index >= 15 is 0 Å². The molecule has 0 aromatic heterocycles. The number of carbonyl (C=O) groups excluding carboxylic acids is 1. The summed E-state index contributed by atoms with van der Waals surface area (Å²) in [5.41, 5.74) is 8.00. The highest BCUT2D eigenvalue weighted by Gasteiger charge is 2.21. The molecule has 0 radical (unpaired) electrons. The molecule has 0 aliphatic heterocycles. The van der Waals surface area contributed by atoms with Gasteiger partial charge in [0.05, 0.1) is 12.7 Å². The van der Waals surface area contributed by atoms with Crippen molar-refractivity contribution in [1.29, 1.82) is 0 Å². The van der Waals surface area contributed by atoms with Crippen LogP contribution in [-0.4, -0.2) is 12.9 Å². The van der Waals surface area contributed by atoms with Crippen molar-refractivity contribution in [3.8, 4) is 5.75 Å². The number of ketones is 1. The van der Waals surface area contributed by atoms with E-state index in [4.69, 9.17) is 10.5 Å². The summed E-state index contributed by atoms with van der Waals surface area (Å²) in [7, 11) is 1.51. The smallest absolute Gasteiger partial charge is 0.197 e. The van der Waals surface area contributed by atoms with Gasteiger partial charge in [-0.15, -0.1) is 0 Å². The maximum Gasteiger partial charge on any atom is 0.197 e. The molecule has 0 saturated heterocycles. The van der Waals surface area contributed by atoms with Crippen LogP contribution in [0.4, 0.5) is 10.1 Å². The van der Waals surface area contributed by atoms with Crippen LogP contribution in [0.5, 0.6) is 5.75 Å². The van der Waals surface area contributed by atoms with Crippen molar-refractivity contribution in [3.05, 3.63) is 56.8 Å². The van der Waals surface area contributed by atoms with E-state index in [1.807, 2.05) is 19.9 Å². The maximum atomic E-state index is 13.5. The first-order valence-corrected chi connectivity index (χ1v) is 7.09. The van der Waals surface area contributed by atoms with Gasteiger partial charge in [-0.25, -0.2) is 4.39 Å². The molecular weight excluding hydrogens is 337 g/mol. The average molecular weight is 352 g/mol. The van der Waals surface area contributed by atoms with Gasteiger partial charge in [0.1, 0.15) is 11.6 Å². The molecule has 0 fully saturated rings. The van der Waals surface area contributed by atoms with E-state index in [9.17, 15) is 9.18 Å². The van der Waals surface area contributed by atoms with Gasteiger partial charge in [-0.2, -0.15) is 0 Å². The molecule has 0 bridgehead atoms. The molecule has 3 nitrogen and oxygen atoms in total. The van der Waals surface area contributed by atoms with Crippen LogP contribution in [0.25, 0.3) is 0 Å². The quantitative estimate of drug-likeness (QED) is 0.670. The Morgan fingerprint density at radius 1 is 1.24 bits per heavy atom. The topological polar surface area (TPSA) is 52.3 Å². The number of ether oxygens (including phenoxy) is 1. The first kappa shape index (κ1) is 15.5. The first-order chi connectivity index (χ1) is 9.85. The Labute approximate surface area is 131 Å². The summed E-state index contributed by atoms with van der Waals surface area (Å²) in [5.74, 6) is -0.370. The number of methoxy groups -OCH3 is 1. The van der Waals surface area contributed by atoms with Crippen molar-refractivity contribution in [3.63, 3.8) is 0 Å². The zero-order chi connectivity index (χ0) is 15.7. The van der Waals surface area contributed by atoms with Crippen molar-refractivity contribution >= 4 is 27.4 Å². The van der Waals surface area contributed by atoms with E-state index < -0.39 is 5.82 Å². The average Bonchev–Trinajstić information content (AvgIpc) is 2.40. The predicted molar refractivity (Wildman–Crippen MR) is 84.4 cm³/mol. The van der Waals surface area contributed by atoms with Gasteiger partial charge in [0.2, 0.25) is 0 Å². The molecule has 0 heterocycles. The highest BCUT2D eigenvalue weighted by molar-refractivity contribution is 9.10. The molecule has 0 aliphatic rings. The number of carbonyl (C=O) groups is 1. The van der Waals surface area contributed by atoms with Crippen molar-refractivity contribution in [2.45, 2.75) is 13.8 Å². The Morgan fingerprint density at radius 3 is 2.48 bits per heavy atom. The number of halogens is 2. The number of nitrogens with two attached hydrogens (primary N) is 1. The summed E-state index contributed by atoms with van der Waals surface area (Å²) < 4.78 is 19.6. The van der Waals surface area contributed by atoms with Crippen LogP contribution in [0.15, 0.2) is 28.7 Å². The van der Waals surface area contributed by atoms with Crippen molar-refractivity contribution in [2.75, 3.05) is 12.8 Å². The first-order valence-electron chi connectivity index (χ1n) is 6.29. The fourth-order valence-corrected chi connectivity index (χ4v) is 2.82. The van der Waals surface area contributed by atoms with Gasteiger partial charge in [0.15, 0.2) is 5.78 Å². The largest absolute Gasteiger partial charge is 0.496 e. The van der Waals surface area contributed by atoms with E-state index in [2.05, 4.69) is 15.9 Å². The number of anilines is 1. The fourth-order valence-electron chi connectivity index (χ4n) is 2.27. The van der Waals surface area contributed by atoms with Crippen LogP contribution in [0.3, 0.4) is 0 Å². The molecular formula is C16H15BrFNO2. The molecule has 0 amide bonds. The number of nitrogen functional groups attached to an aromatic ring is 1. The third-order valence-corrected chi connectivity index (χ3v) is 4.10. The Bertz CT molecular complexity index is 708. The van der Waals surface area contributed by atoms with Gasteiger partial charge in [0.25, 0.3) is 0 Å². The molecule has 110 valence electrons. The summed E-state index contributed by atoms with van der Waals surface area (Å²) in [4.78, 5) is 12.7. The summed E-state index contributed by atoms with van der Waals surface area (Å²) in [6.45, 7) is 3.65. The third-order valence-electron chi connectivity index (χ3n) is 3.28. The zero-order valence-electron chi connectivity index (χ0n) is 12.0. The normalized spacial score (nSPS) is 10.5. The number of hydrogen-bond donors (Lipinski definition) is 1.